The predicted octanol–water partition coefficient (Wildman–Crippen LogP) is 3.40. The summed E-state index contributed by atoms with van der Waals surface area (Å²) < 4.78 is 1.87. The molecule has 1 aromatic heterocycles. The Labute approximate surface area is 162 Å². The Kier molecular flexibility index (Phi) is 5.09. The molecule has 1 amide bonds. The van der Waals surface area contributed by atoms with E-state index in [1.807, 2.05) is 40.8 Å². The van der Waals surface area contributed by atoms with Crippen LogP contribution in [0.5, 0.6) is 0 Å². The first-order valence-corrected chi connectivity index (χ1v) is 10.3. The molecule has 0 radical (unpaired) electrons. The number of benzene rings is 1. The Bertz CT molecular complexity index is 785. The number of nitrogens with zero attached hydrogens (tertiary/aromatic N) is 4. The van der Waals surface area contributed by atoms with Gasteiger partial charge in [0.25, 0.3) is 0 Å². The third kappa shape index (κ3) is 3.42. The predicted molar refractivity (Wildman–Crippen MR) is 103 cm³/mol. The van der Waals surface area contributed by atoms with Crippen LogP contribution >= 0.6 is 23.4 Å². The zero-order valence-corrected chi connectivity index (χ0v) is 16.3. The number of hydrogen-bond donors (Lipinski definition) is 1. The van der Waals surface area contributed by atoms with E-state index in [-0.39, 0.29) is 17.2 Å². The Morgan fingerprint density at radius 2 is 1.85 bits per heavy atom. The number of rotatable bonds is 2. The lowest BCUT2D eigenvalue weighted by Crippen LogP contribution is -2.46. The summed E-state index contributed by atoms with van der Waals surface area (Å²) in [6.45, 7) is 3.59. The minimum Gasteiger partial charge on any atom is -0.342 e. The van der Waals surface area contributed by atoms with Crippen molar-refractivity contribution < 1.29 is 4.79 Å². The first kappa shape index (κ1) is 17.7. The summed E-state index contributed by atoms with van der Waals surface area (Å²) in [6, 6.07) is 7.54. The quantitative estimate of drug-likeness (QED) is 0.850. The number of halogens is 1. The molecule has 2 aliphatic rings. The van der Waals surface area contributed by atoms with E-state index < -0.39 is 0 Å². The van der Waals surface area contributed by atoms with Crippen LogP contribution in [0, 0.1) is 6.92 Å². The Morgan fingerprint density at radius 3 is 2.54 bits per heavy atom. The number of amides is 1. The normalized spacial score (nSPS) is 23.1. The number of aryl methyl sites for hydroxylation is 1. The van der Waals surface area contributed by atoms with Gasteiger partial charge in [-0.3, -0.25) is 4.79 Å². The molecule has 2 aromatic rings. The summed E-state index contributed by atoms with van der Waals surface area (Å²) in [6.07, 6.45) is 4.57. The highest BCUT2D eigenvalue weighted by Gasteiger charge is 2.39. The molecule has 1 fully saturated rings. The second-order valence-corrected chi connectivity index (χ2v) is 8.35. The van der Waals surface area contributed by atoms with E-state index >= 15 is 0 Å². The Hall–Kier alpha value is -1.73. The lowest BCUT2D eigenvalue weighted by atomic mass is 10.0. The van der Waals surface area contributed by atoms with Crippen LogP contribution < -0.4 is 5.43 Å². The molecule has 0 bridgehead atoms. The molecule has 2 atom stereocenters. The molecule has 0 saturated carbocycles. The molecule has 138 valence electrons. The smallest absolute Gasteiger partial charge is 0.238 e. The zero-order valence-electron chi connectivity index (χ0n) is 14.7. The molecule has 0 aliphatic carbocycles. The molecule has 1 N–H and O–H groups in total. The number of nitrogens with one attached hydrogen (secondary N) is 1. The highest BCUT2D eigenvalue weighted by atomic mass is 35.5. The summed E-state index contributed by atoms with van der Waals surface area (Å²) in [7, 11) is 0. The molecule has 1 aromatic carbocycles. The van der Waals surface area contributed by atoms with Gasteiger partial charge in [0.2, 0.25) is 11.1 Å². The van der Waals surface area contributed by atoms with Gasteiger partial charge in [0.05, 0.1) is 6.04 Å². The van der Waals surface area contributed by atoms with E-state index in [9.17, 15) is 4.79 Å². The van der Waals surface area contributed by atoms with Gasteiger partial charge in [0.15, 0.2) is 0 Å². The molecular weight excluding hydrogens is 370 g/mol. The van der Waals surface area contributed by atoms with E-state index in [4.69, 9.17) is 11.6 Å². The maximum atomic E-state index is 13.4. The summed E-state index contributed by atoms with van der Waals surface area (Å²) in [5.41, 5.74) is 4.48. The first-order chi connectivity index (χ1) is 12.6. The van der Waals surface area contributed by atoms with Crippen molar-refractivity contribution in [1.82, 2.24) is 19.8 Å². The molecule has 2 aliphatic heterocycles. The van der Waals surface area contributed by atoms with Crippen LogP contribution in [0.3, 0.4) is 0 Å². The Balaban J connectivity index is 1.66. The third-order valence-electron chi connectivity index (χ3n) is 4.99. The van der Waals surface area contributed by atoms with Crippen molar-refractivity contribution >= 4 is 29.3 Å². The number of fused-ring (bicyclic) bond motifs is 1. The summed E-state index contributed by atoms with van der Waals surface area (Å²) in [5, 5.41) is 9.51. The number of thioether (sulfide) groups is 1. The Morgan fingerprint density at radius 1 is 1.15 bits per heavy atom. The largest absolute Gasteiger partial charge is 0.342 e. The third-order valence-corrected chi connectivity index (χ3v) is 6.44. The van der Waals surface area contributed by atoms with Gasteiger partial charge in [0, 0.05) is 18.1 Å². The SMILES string of the molecule is Cc1nnc2n1NC(c1ccc(Cl)cc1)C(C(=O)N1CCCCCC1)S2. The van der Waals surface area contributed by atoms with Crippen molar-refractivity contribution in [2.24, 2.45) is 0 Å². The standard InChI is InChI=1S/C18H22ClN5OS/c1-12-20-21-18-24(12)22-15(13-6-8-14(19)9-7-13)16(26-18)17(25)23-10-4-2-3-5-11-23/h6-9,15-16,22H,2-5,10-11H2,1H3. The monoisotopic (exact) mass is 391 g/mol. The fourth-order valence-corrected chi connectivity index (χ4v) is 4.88. The topological polar surface area (TPSA) is 63.1 Å². The average molecular weight is 392 g/mol. The minimum atomic E-state index is -0.273. The molecule has 2 unspecified atom stereocenters. The second kappa shape index (κ2) is 7.48. The summed E-state index contributed by atoms with van der Waals surface area (Å²) in [5.74, 6) is 0.961. The van der Waals surface area contributed by atoms with Crippen LogP contribution in [0.15, 0.2) is 29.4 Å². The van der Waals surface area contributed by atoms with Crippen molar-refractivity contribution in [1.29, 1.82) is 0 Å². The molecular formula is C18H22ClN5OS. The number of carbonyl (C=O) groups excluding carboxylic acids is 1. The van der Waals surface area contributed by atoms with Crippen LogP contribution in [0.2, 0.25) is 5.02 Å². The maximum Gasteiger partial charge on any atom is 0.238 e. The van der Waals surface area contributed by atoms with Crippen molar-refractivity contribution in [2.75, 3.05) is 18.5 Å². The molecule has 4 rings (SSSR count). The van der Waals surface area contributed by atoms with E-state index in [0.29, 0.717) is 5.02 Å². The number of aromatic nitrogens is 3. The highest BCUT2D eigenvalue weighted by Crippen LogP contribution is 2.38. The van der Waals surface area contributed by atoms with Gasteiger partial charge in [-0.1, -0.05) is 48.3 Å². The molecule has 3 heterocycles. The first-order valence-electron chi connectivity index (χ1n) is 9.03. The summed E-state index contributed by atoms with van der Waals surface area (Å²) >= 11 is 7.55. The number of hydrogen-bond acceptors (Lipinski definition) is 5. The van der Waals surface area contributed by atoms with Gasteiger partial charge >= 0.3 is 0 Å². The molecule has 1 saturated heterocycles. The molecule has 0 spiro atoms. The fourth-order valence-electron chi connectivity index (χ4n) is 3.54. The van der Waals surface area contributed by atoms with E-state index in [1.54, 1.807) is 0 Å². The van der Waals surface area contributed by atoms with Gasteiger partial charge in [-0.25, -0.2) is 4.68 Å². The average Bonchev–Trinajstić information content (AvgIpc) is 2.86. The van der Waals surface area contributed by atoms with Gasteiger partial charge in [-0.2, -0.15) is 0 Å². The van der Waals surface area contributed by atoms with Crippen LogP contribution in [-0.2, 0) is 4.79 Å². The van der Waals surface area contributed by atoms with Crippen LogP contribution in [0.4, 0.5) is 0 Å². The second-order valence-electron chi connectivity index (χ2n) is 6.80. The molecule has 8 heteroatoms. The number of carbonyl (C=O) groups is 1. The highest BCUT2D eigenvalue weighted by molar-refractivity contribution is 8.00. The van der Waals surface area contributed by atoms with E-state index in [1.165, 1.54) is 24.6 Å². The summed E-state index contributed by atoms with van der Waals surface area (Å²) in [4.78, 5) is 15.4. The van der Waals surface area contributed by atoms with Gasteiger partial charge in [-0.05, 0) is 37.5 Å². The lowest BCUT2D eigenvalue weighted by Gasteiger charge is -2.35. The molecule has 26 heavy (non-hydrogen) atoms. The minimum absolute atomic E-state index is 0.157. The van der Waals surface area contributed by atoms with Gasteiger partial charge in [-0.15, -0.1) is 10.2 Å². The van der Waals surface area contributed by atoms with E-state index in [0.717, 1.165) is 42.5 Å². The van der Waals surface area contributed by atoms with Crippen molar-refractivity contribution in [3.05, 3.63) is 40.7 Å². The van der Waals surface area contributed by atoms with Crippen LogP contribution in [0.1, 0.15) is 43.1 Å². The van der Waals surface area contributed by atoms with Gasteiger partial charge in [0.1, 0.15) is 11.1 Å². The van der Waals surface area contributed by atoms with Crippen LogP contribution in [-0.4, -0.2) is 44.0 Å². The van der Waals surface area contributed by atoms with Crippen molar-refractivity contribution in [3.8, 4) is 0 Å². The van der Waals surface area contributed by atoms with Gasteiger partial charge < -0.3 is 10.3 Å². The van der Waals surface area contributed by atoms with Crippen LogP contribution in [0.25, 0.3) is 0 Å². The fraction of sp³-hybridized carbons (Fsp3) is 0.500. The number of likely N-dealkylation sites (tertiary alicyclic amines) is 1. The van der Waals surface area contributed by atoms with Crippen molar-refractivity contribution in [2.45, 2.75) is 49.1 Å². The van der Waals surface area contributed by atoms with Crippen molar-refractivity contribution in [3.63, 3.8) is 0 Å². The lowest BCUT2D eigenvalue weighted by molar-refractivity contribution is -0.131. The zero-order chi connectivity index (χ0) is 18.1. The molecule has 6 nitrogen and oxygen atoms in total. The maximum absolute atomic E-state index is 13.4. The van der Waals surface area contributed by atoms with E-state index in [2.05, 4.69) is 15.6 Å².